The van der Waals surface area contributed by atoms with Gasteiger partial charge in [0.05, 0.1) is 0 Å². The molecular weight excluding hydrogens is 207 g/mol. The summed E-state index contributed by atoms with van der Waals surface area (Å²) >= 11 is 0. The maximum absolute atomic E-state index is 0. The molecule has 0 saturated heterocycles. The summed E-state index contributed by atoms with van der Waals surface area (Å²) in [5, 5.41) is 0. The molecule has 0 saturated carbocycles. The third kappa shape index (κ3) is 27.3. The van der Waals surface area contributed by atoms with E-state index in [0.717, 1.165) is 0 Å². The molecule has 0 heterocycles. The van der Waals surface area contributed by atoms with Crippen LogP contribution in [0.2, 0.25) is 0 Å². The molecule has 0 bridgehead atoms. The first kappa shape index (κ1) is 76.7. The summed E-state index contributed by atoms with van der Waals surface area (Å²) in [6.07, 6.45) is 0. The Morgan fingerprint density at radius 3 is 0.800 bits per heavy atom. The Kier molecular flexibility index (Phi) is 679. The van der Waals surface area contributed by atoms with E-state index in [2.05, 4.69) is 0 Å². The average Bonchev–Trinajstić information content (AvgIpc) is 0. The summed E-state index contributed by atoms with van der Waals surface area (Å²) in [5.41, 5.74) is 0. The van der Waals surface area contributed by atoms with Crippen molar-refractivity contribution in [2.75, 3.05) is 0 Å². The minimum Gasteiger partial charge on any atom is -2.00 e. The molecule has 2 nitrogen and oxygen atoms in total. The van der Waals surface area contributed by atoms with Crippen molar-refractivity contribution < 1.29 is 49.4 Å². The van der Waals surface area contributed by atoms with Crippen molar-refractivity contribution in [1.29, 1.82) is 0 Å². The van der Waals surface area contributed by atoms with Crippen LogP contribution < -0.4 is 0 Å². The van der Waals surface area contributed by atoms with Crippen molar-refractivity contribution >= 4 is 17.4 Å². The zero-order valence-corrected chi connectivity index (χ0v) is 6.65. The van der Waals surface area contributed by atoms with Gasteiger partial charge in [-0.15, -0.1) is 0 Å². The monoisotopic (exact) mass is 209 g/mol. The molecule has 0 aliphatic carbocycles. The van der Waals surface area contributed by atoms with E-state index in [-0.39, 0.29) is 66.7 Å². The van der Waals surface area contributed by atoms with Crippen LogP contribution in [0.4, 0.5) is 0 Å². The quantitative estimate of drug-likeness (QED) is 0.475. The molecule has 0 aromatic rings. The summed E-state index contributed by atoms with van der Waals surface area (Å²) in [4.78, 5) is 0. The Morgan fingerprint density at radius 2 is 0.800 bits per heavy atom. The summed E-state index contributed by atoms with van der Waals surface area (Å²) in [7, 11) is 0. The van der Waals surface area contributed by atoms with E-state index in [4.69, 9.17) is 0 Å². The van der Waals surface area contributed by atoms with E-state index in [1.807, 2.05) is 0 Å². The second-order valence-corrected chi connectivity index (χ2v) is 0. The van der Waals surface area contributed by atoms with Crippen molar-refractivity contribution in [3.8, 4) is 0 Å². The Bertz CT molecular complexity index is 9.61. The van der Waals surface area contributed by atoms with Gasteiger partial charge >= 0.3 is 55.8 Å². The molecule has 0 aromatic carbocycles. The van der Waals surface area contributed by atoms with E-state index < -0.39 is 0 Å². The summed E-state index contributed by atoms with van der Waals surface area (Å²) in [5.74, 6) is 0. The third-order valence-electron chi connectivity index (χ3n) is 0. The van der Waals surface area contributed by atoms with Crippen molar-refractivity contribution in [1.82, 2.24) is 0 Å². The van der Waals surface area contributed by atoms with Crippen LogP contribution in [0.5, 0.6) is 0 Å². The van der Waals surface area contributed by atoms with Gasteiger partial charge in [0.2, 0.25) is 0 Å². The maximum atomic E-state index is 0. The fraction of sp³-hybridized carbons (Fsp3) is 0. The predicted octanol–water partition coefficient (Wildman–Crippen LogP) is -0.623. The summed E-state index contributed by atoms with van der Waals surface area (Å²) in [6.45, 7) is 0. The predicted molar refractivity (Wildman–Crippen MR) is 7.13 cm³/mol. The van der Waals surface area contributed by atoms with Crippen LogP contribution in [0.3, 0.4) is 0 Å². The van der Waals surface area contributed by atoms with Crippen LogP contribution in [0.15, 0.2) is 0 Å². The van der Waals surface area contributed by atoms with Crippen LogP contribution in [-0.4, -0.2) is 17.4 Å². The van der Waals surface area contributed by atoms with E-state index >= 15 is 0 Å². The standard InChI is InChI=1S/Al.Cr.Mo.2O/q2*+3;+4;2*-2. The first-order valence-electron chi connectivity index (χ1n) is 0. The zero-order valence-electron chi connectivity index (χ0n) is 2.21. The van der Waals surface area contributed by atoms with E-state index in [1.165, 1.54) is 0 Å². The molecule has 0 fully saturated rings. The van der Waals surface area contributed by atoms with Crippen LogP contribution >= 0.6 is 0 Å². The molecule has 0 N–H and O–H groups in total. The molecule has 5 heteroatoms. The number of rotatable bonds is 0. The second kappa shape index (κ2) is 44.3. The maximum Gasteiger partial charge on any atom is 4.00 e. The molecule has 0 amide bonds. The molecule has 0 aliphatic rings. The number of hydrogen-bond donors (Lipinski definition) is 0. The SMILES string of the molecule is [Al+3].[Cr+3].[Mo+4].[O-2].[O-2]. The molecule has 21 valence electrons. The molecule has 1 radical (unpaired) electrons. The first-order valence-corrected chi connectivity index (χ1v) is 0. The Morgan fingerprint density at radius 1 is 0.800 bits per heavy atom. The smallest absolute Gasteiger partial charge is 2.00 e. The fourth-order valence-electron chi connectivity index (χ4n) is 0. The summed E-state index contributed by atoms with van der Waals surface area (Å²) < 4.78 is 0. The molecule has 0 aliphatic heterocycles. The van der Waals surface area contributed by atoms with E-state index in [9.17, 15) is 0 Å². The average molecular weight is 207 g/mol. The minimum absolute atomic E-state index is 0. The van der Waals surface area contributed by atoms with Crippen molar-refractivity contribution in [2.45, 2.75) is 0 Å². The Balaban J connectivity index is 0. The van der Waals surface area contributed by atoms with Crippen LogP contribution in [-0.2, 0) is 49.4 Å². The largest absolute Gasteiger partial charge is 4.00 e. The van der Waals surface area contributed by atoms with E-state index in [0.29, 0.717) is 0 Å². The van der Waals surface area contributed by atoms with Gasteiger partial charge in [-0.3, -0.25) is 0 Å². The second-order valence-electron chi connectivity index (χ2n) is 0. The van der Waals surface area contributed by atoms with Crippen LogP contribution in [0, 0.1) is 0 Å². The molecule has 0 aromatic heterocycles. The van der Waals surface area contributed by atoms with Gasteiger partial charge in [-0.1, -0.05) is 0 Å². The first-order chi connectivity index (χ1) is 0. The van der Waals surface area contributed by atoms with E-state index in [1.54, 1.807) is 0 Å². The van der Waals surface area contributed by atoms with Gasteiger partial charge in [0.1, 0.15) is 0 Å². The molecule has 0 atom stereocenters. The van der Waals surface area contributed by atoms with Gasteiger partial charge in [-0.25, -0.2) is 0 Å². The topological polar surface area (TPSA) is 57.0 Å². The van der Waals surface area contributed by atoms with Gasteiger partial charge < -0.3 is 11.0 Å². The van der Waals surface area contributed by atoms with Gasteiger partial charge in [0.25, 0.3) is 0 Å². The van der Waals surface area contributed by atoms with Gasteiger partial charge in [0.15, 0.2) is 0 Å². The van der Waals surface area contributed by atoms with Crippen LogP contribution in [0.1, 0.15) is 0 Å². The molecule has 0 rings (SSSR count). The molecular formula is AlCrMoO2+6. The van der Waals surface area contributed by atoms with Gasteiger partial charge in [-0.2, -0.15) is 0 Å². The van der Waals surface area contributed by atoms with Crippen molar-refractivity contribution in [3.05, 3.63) is 0 Å². The number of hydrogen-bond acceptors (Lipinski definition) is 0. The molecule has 0 spiro atoms. The molecule has 0 unspecified atom stereocenters. The van der Waals surface area contributed by atoms with Crippen molar-refractivity contribution in [2.24, 2.45) is 0 Å². The Labute approximate surface area is 66.5 Å². The summed E-state index contributed by atoms with van der Waals surface area (Å²) in [6, 6.07) is 0. The van der Waals surface area contributed by atoms with Gasteiger partial charge in [-0.05, 0) is 0 Å². The third-order valence-corrected chi connectivity index (χ3v) is 0. The fourth-order valence-corrected chi connectivity index (χ4v) is 0. The molecule has 5 heavy (non-hydrogen) atoms. The zero-order chi connectivity index (χ0) is 0. The van der Waals surface area contributed by atoms with Gasteiger partial charge in [0, 0.05) is 0 Å². The minimum atomic E-state index is 0. The van der Waals surface area contributed by atoms with Crippen molar-refractivity contribution in [3.63, 3.8) is 0 Å². The Hall–Kier alpha value is 1.67. The van der Waals surface area contributed by atoms with Crippen LogP contribution in [0.25, 0.3) is 0 Å². The normalized spacial score (nSPS) is 0.